The van der Waals surface area contributed by atoms with Crippen LogP contribution in [0.5, 0.6) is 0 Å². The topological polar surface area (TPSA) is 51.0 Å². The summed E-state index contributed by atoms with van der Waals surface area (Å²) in [6.07, 6.45) is 8.93. The van der Waals surface area contributed by atoms with E-state index >= 15 is 0 Å². The summed E-state index contributed by atoms with van der Waals surface area (Å²) in [5.74, 6) is 0.0739. The Balaban J connectivity index is 1.80. The van der Waals surface area contributed by atoms with Crippen LogP contribution in [0, 0.1) is 0 Å². The van der Waals surface area contributed by atoms with Crippen molar-refractivity contribution in [1.29, 1.82) is 0 Å². The summed E-state index contributed by atoms with van der Waals surface area (Å²) in [6.45, 7) is 4.17. The van der Waals surface area contributed by atoms with E-state index in [0.717, 1.165) is 35.1 Å². The van der Waals surface area contributed by atoms with Crippen molar-refractivity contribution >= 4 is 16.9 Å². The first-order valence-electron chi connectivity index (χ1n) is 10.8. The van der Waals surface area contributed by atoms with Crippen LogP contribution in [0.3, 0.4) is 0 Å². The molecule has 0 spiro atoms. The zero-order valence-corrected chi connectivity index (χ0v) is 17.6. The second-order valence-corrected chi connectivity index (χ2v) is 8.40. The average Bonchev–Trinajstić information content (AvgIpc) is 2.99. The predicted molar refractivity (Wildman–Crippen MR) is 117 cm³/mol. The Hall–Kier alpha value is -2.69. The van der Waals surface area contributed by atoms with Crippen molar-refractivity contribution in [2.75, 3.05) is 7.05 Å². The molecule has 2 aromatic heterocycles. The highest BCUT2D eigenvalue weighted by molar-refractivity contribution is 6.06. The molecule has 0 saturated heterocycles. The molecule has 0 atom stereocenters. The second-order valence-electron chi connectivity index (χ2n) is 8.40. The van der Waals surface area contributed by atoms with Gasteiger partial charge < -0.3 is 4.90 Å². The molecule has 0 aliphatic heterocycles. The maximum Gasteiger partial charge on any atom is 0.254 e. The molecule has 3 aromatic rings. The van der Waals surface area contributed by atoms with E-state index in [-0.39, 0.29) is 11.9 Å². The molecule has 0 unspecified atom stereocenters. The molecule has 0 N–H and O–H groups in total. The van der Waals surface area contributed by atoms with Gasteiger partial charge in [-0.05, 0) is 32.8 Å². The largest absolute Gasteiger partial charge is 0.339 e. The molecule has 1 aromatic carbocycles. The maximum absolute atomic E-state index is 13.6. The Morgan fingerprint density at radius 1 is 1.10 bits per heavy atom. The van der Waals surface area contributed by atoms with Crippen LogP contribution < -0.4 is 0 Å². The van der Waals surface area contributed by atoms with Gasteiger partial charge in [0.1, 0.15) is 0 Å². The SMILES string of the molecule is CC(C)n1ncc2c(C(=O)N(C)C3CCCCCC3)cc(-c3ccccc3)nc21. The zero-order chi connectivity index (χ0) is 20.4. The Bertz CT molecular complexity index is 985. The van der Waals surface area contributed by atoms with Gasteiger partial charge >= 0.3 is 0 Å². The number of fused-ring (bicyclic) bond motifs is 1. The van der Waals surface area contributed by atoms with Crippen molar-refractivity contribution in [3.05, 3.63) is 48.2 Å². The van der Waals surface area contributed by atoms with E-state index in [9.17, 15) is 4.79 Å². The third-order valence-electron chi connectivity index (χ3n) is 6.05. The number of pyridine rings is 1. The van der Waals surface area contributed by atoms with Crippen LogP contribution in [0.1, 0.15) is 68.8 Å². The van der Waals surface area contributed by atoms with Crippen molar-refractivity contribution < 1.29 is 4.79 Å². The number of amides is 1. The molecule has 29 heavy (non-hydrogen) atoms. The molecule has 1 amide bonds. The van der Waals surface area contributed by atoms with Gasteiger partial charge in [-0.1, -0.05) is 56.0 Å². The molecule has 0 radical (unpaired) electrons. The number of rotatable bonds is 4. The Morgan fingerprint density at radius 3 is 2.45 bits per heavy atom. The second kappa shape index (κ2) is 8.36. The standard InChI is InChI=1S/C24H30N4O/c1-17(2)28-23-21(16-25-28)20(15-22(26-23)18-11-7-6-8-12-18)24(29)27(3)19-13-9-4-5-10-14-19/h6-8,11-12,15-17,19H,4-5,9-10,13-14H2,1-3H3. The number of carbonyl (C=O) groups excluding carboxylic acids is 1. The van der Waals surface area contributed by atoms with E-state index in [4.69, 9.17) is 4.98 Å². The first-order chi connectivity index (χ1) is 14.1. The number of carbonyl (C=O) groups is 1. The summed E-state index contributed by atoms with van der Waals surface area (Å²) >= 11 is 0. The number of hydrogen-bond donors (Lipinski definition) is 0. The summed E-state index contributed by atoms with van der Waals surface area (Å²) in [5, 5.41) is 5.38. The van der Waals surface area contributed by atoms with Crippen LogP contribution >= 0.6 is 0 Å². The lowest BCUT2D eigenvalue weighted by Crippen LogP contribution is -2.36. The van der Waals surface area contributed by atoms with E-state index in [1.54, 1.807) is 6.20 Å². The molecule has 5 nitrogen and oxygen atoms in total. The van der Waals surface area contributed by atoms with Crippen molar-refractivity contribution in [2.45, 2.75) is 64.5 Å². The highest BCUT2D eigenvalue weighted by atomic mass is 16.2. The first kappa shape index (κ1) is 19.6. The monoisotopic (exact) mass is 390 g/mol. The van der Waals surface area contributed by atoms with Gasteiger partial charge in [0, 0.05) is 24.7 Å². The lowest BCUT2D eigenvalue weighted by molar-refractivity contribution is 0.0719. The van der Waals surface area contributed by atoms with Crippen LogP contribution in [-0.4, -0.2) is 38.7 Å². The molecule has 0 bridgehead atoms. The van der Waals surface area contributed by atoms with Crippen LogP contribution in [0.15, 0.2) is 42.6 Å². The summed E-state index contributed by atoms with van der Waals surface area (Å²) < 4.78 is 1.91. The van der Waals surface area contributed by atoms with Gasteiger partial charge in [0.05, 0.1) is 22.8 Å². The van der Waals surface area contributed by atoms with Crippen molar-refractivity contribution in [1.82, 2.24) is 19.7 Å². The third-order valence-corrected chi connectivity index (χ3v) is 6.05. The van der Waals surface area contributed by atoms with Crippen molar-refractivity contribution in [2.24, 2.45) is 0 Å². The number of aromatic nitrogens is 3. The highest BCUT2D eigenvalue weighted by Crippen LogP contribution is 2.29. The van der Waals surface area contributed by atoms with E-state index in [1.165, 1.54) is 25.7 Å². The molecular formula is C24H30N4O. The zero-order valence-electron chi connectivity index (χ0n) is 17.6. The minimum Gasteiger partial charge on any atom is -0.339 e. The van der Waals surface area contributed by atoms with Crippen molar-refractivity contribution in [3.8, 4) is 11.3 Å². The van der Waals surface area contributed by atoms with Gasteiger partial charge in [-0.15, -0.1) is 0 Å². The molecular weight excluding hydrogens is 360 g/mol. The highest BCUT2D eigenvalue weighted by Gasteiger charge is 2.25. The summed E-state index contributed by atoms with van der Waals surface area (Å²) in [4.78, 5) is 20.4. The van der Waals surface area contributed by atoms with E-state index in [2.05, 4.69) is 18.9 Å². The minimum atomic E-state index is 0.0739. The minimum absolute atomic E-state index is 0.0739. The van der Waals surface area contributed by atoms with Gasteiger partial charge in [-0.2, -0.15) is 5.10 Å². The summed E-state index contributed by atoms with van der Waals surface area (Å²) in [6, 6.07) is 12.5. The van der Waals surface area contributed by atoms with Crippen molar-refractivity contribution in [3.63, 3.8) is 0 Å². The molecule has 1 aliphatic carbocycles. The van der Waals surface area contributed by atoms with Crippen LogP contribution in [0.25, 0.3) is 22.3 Å². The van der Waals surface area contributed by atoms with Gasteiger partial charge in [0.25, 0.3) is 5.91 Å². The lowest BCUT2D eigenvalue weighted by atomic mass is 10.0. The number of nitrogens with zero attached hydrogens (tertiary/aromatic N) is 4. The van der Waals surface area contributed by atoms with Crippen LogP contribution in [-0.2, 0) is 0 Å². The normalized spacial score (nSPS) is 15.6. The molecule has 152 valence electrons. The Morgan fingerprint density at radius 2 is 1.79 bits per heavy atom. The molecule has 2 heterocycles. The average molecular weight is 391 g/mol. The fraction of sp³-hybridized carbons (Fsp3) is 0.458. The Labute approximate surface area is 172 Å². The summed E-state index contributed by atoms with van der Waals surface area (Å²) in [5.41, 5.74) is 3.31. The van der Waals surface area contributed by atoms with E-state index < -0.39 is 0 Å². The van der Waals surface area contributed by atoms with Gasteiger partial charge in [-0.25, -0.2) is 9.67 Å². The van der Waals surface area contributed by atoms with Crippen LogP contribution in [0.4, 0.5) is 0 Å². The van der Waals surface area contributed by atoms with Gasteiger partial charge in [0.15, 0.2) is 5.65 Å². The number of hydrogen-bond acceptors (Lipinski definition) is 3. The molecule has 1 saturated carbocycles. The molecule has 4 rings (SSSR count). The Kier molecular flexibility index (Phi) is 5.65. The summed E-state index contributed by atoms with van der Waals surface area (Å²) in [7, 11) is 1.96. The molecule has 1 fully saturated rings. The molecule has 5 heteroatoms. The number of benzene rings is 1. The van der Waals surface area contributed by atoms with Gasteiger partial charge in [0.2, 0.25) is 0 Å². The fourth-order valence-corrected chi connectivity index (χ4v) is 4.33. The maximum atomic E-state index is 13.6. The third kappa shape index (κ3) is 3.91. The molecule has 1 aliphatic rings. The smallest absolute Gasteiger partial charge is 0.254 e. The van der Waals surface area contributed by atoms with E-state index in [0.29, 0.717) is 11.6 Å². The fourth-order valence-electron chi connectivity index (χ4n) is 4.33. The lowest BCUT2D eigenvalue weighted by Gasteiger charge is -2.27. The first-order valence-corrected chi connectivity index (χ1v) is 10.8. The predicted octanol–water partition coefficient (Wildman–Crippen LogP) is 5.47. The van der Waals surface area contributed by atoms with E-state index in [1.807, 2.05) is 53.0 Å². The van der Waals surface area contributed by atoms with Gasteiger partial charge in [-0.3, -0.25) is 4.79 Å². The quantitative estimate of drug-likeness (QED) is 0.555. The van der Waals surface area contributed by atoms with Crippen LogP contribution in [0.2, 0.25) is 0 Å².